The number of aromatic nitrogens is 2. The first kappa shape index (κ1) is 18.2. The number of carboxylic acid groups (broad SMARTS) is 1. The zero-order chi connectivity index (χ0) is 19.5. The van der Waals surface area contributed by atoms with Crippen molar-refractivity contribution >= 4 is 21.9 Å². The van der Waals surface area contributed by atoms with E-state index < -0.39 is 5.97 Å². The molecule has 0 bridgehead atoms. The van der Waals surface area contributed by atoms with Gasteiger partial charge in [-0.05, 0) is 6.07 Å². The lowest BCUT2D eigenvalue weighted by Gasteiger charge is -2.12. The van der Waals surface area contributed by atoms with E-state index in [2.05, 4.69) is 15.9 Å². The van der Waals surface area contributed by atoms with Gasteiger partial charge in [-0.2, -0.15) is 0 Å². The van der Waals surface area contributed by atoms with Gasteiger partial charge in [0.05, 0.1) is 11.4 Å². The van der Waals surface area contributed by atoms with Crippen LogP contribution < -0.4 is 0 Å². The number of nitrogens with zero attached hydrogens (tertiary/aromatic N) is 2. The van der Waals surface area contributed by atoms with Crippen molar-refractivity contribution < 1.29 is 9.90 Å². The van der Waals surface area contributed by atoms with Crippen molar-refractivity contribution in [3.8, 4) is 33.9 Å². The number of hydrogen-bond donors (Lipinski definition) is 1. The normalized spacial score (nSPS) is 10.8. The van der Waals surface area contributed by atoms with Crippen molar-refractivity contribution in [2.24, 2.45) is 0 Å². The maximum Gasteiger partial charge on any atom is 0.323 e. The zero-order valence-electron chi connectivity index (χ0n) is 14.9. The summed E-state index contributed by atoms with van der Waals surface area (Å²) in [5.74, 6) is -0.296. The predicted octanol–water partition coefficient (Wildman–Crippen LogP) is 5.73. The molecule has 0 unspecified atom stereocenters. The summed E-state index contributed by atoms with van der Waals surface area (Å²) in [4.78, 5) is 16.6. The van der Waals surface area contributed by atoms with Crippen LogP contribution >= 0.6 is 15.9 Å². The summed E-state index contributed by atoms with van der Waals surface area (Å²) >= 11 is 3.58. The van der Waals surface area contributed by atoms with E-state index in [4.69, 9.17) is 4.98 Å². The fraction of sp³-hybridized carbons (Fsp3) is 0.0435. The summed E-state index contributed by atoms with van der Waals surface area (Å²) in [6.45, 7) is -0.180. The Balaban J connectivity index is 2.06. The second-order valence-corrected chi connectivity index (χ2v) is 7.18. The van der Waals surface area contributed by atoms with Gasteiger partial charge in [-0.15, -0.1) is 0 Å². The van der Waals surface area contributed by atoms with Gasteiger partial charge in [0, 0.05) is 21.2 Å². The summed E-state index contributed by atoms with van der Waals surface area (Å²) in [5, 5.41) is 9.60. The van der Waals surface area contributed by atoms with Gasteiger partial charge < -0.3 is 9.67 Å². The van der Waals surface area contributed by atoms with Gasteiger partial charge in [0.25, 0.3) is 0 Å². The van der Waals surface area contributed by atoms with Gasteiger partial charge >= 0.3 is 5.97 Å². The zero-order valence-corrected chi connectivity index (χ0v) is 16.5. The summed E-state index contributed by atoms with van der Waals surface area (Å²) in [6.07, 6.45) is 0. The van der Waals surface area contributed by atoms with E-state index >= 15 is 0 Å². The maximum absolute atomic E-state index is 11.7. The summed E-state index contributed by atoms with van der Waals surface area (Å²) in [6, 6.07) is 27.3. The first-order valence-electron chi connectivity index (χ1n) is 8.83. The lowest BCUT2D eigenvalue weighted by atomic mass is 10.0. The Labute approximate surface area is 171 Å². The largest absolute Gasteiger partial charge is 0.480 e. The highest BCUT2D eigenvalue weighted by Gasteiger charge is 2.23. The second-order valence-electron chi connectivity index (χ2n) is 6.32. The lowest BCUT2D eigenvalue weighted by Crippen LogP contribution is -2.11. The second kappa shape index (κ2) is 7.82. The molecule has 4 nitrogen and oxygen atoms in total. The molecule has 1 aromatic heterocycles. The van der Waals surface area contributed by atoms with Crippen LogP contribution in [0.2, 0.25) is 0 Å². The molecule has 1 heterocycles. The fourth-order valence-corrected chi connectivity index (χ4v) is 3.74. The van der Waals surface area contributed by atoms with Gasteiger partial charge in [0.2, 0.25) is 0 Å². The Hall–Kier alpha value is -3.18. The van der Waals surface area contributed by atoms with Crippen molar-refractivity contribution in [1.29, 1.82) is 0 Å². The highest BCUT2D eigenvalue weighted by atomic mass is 79.9. The molecule has 28 heavy (non-hydrogen) atoms. The highest BCUT2D eigenvalue weighted by molar-refractivity contribution is 9.10. The van der Waals surface area contributed by atoms with E-state index in [9.17, 15) is 9.90 Å². The Bertz CT molecular complexity index is 1120. The van der Waals surface area contributed by atoms with Gasteiger partial charge in [0.1, 0.15) is 12.4 Å². The SMILES string of the molecule is O=C(O)Cn1c(-c2ccccc2Br)nc(-c2ccccc2)c1-c1ccccc1. The van der Waals surface area contributed by atoms with E-state index in [-0.39, 0.29) is 6.54 Å². The number of carbonyl (C=O) groups is 1. The van der Waals surface area contributed by atoms with E-state index in [0.717, 1.165) is 32.6 Å². The number of imidazole rings is 1. The van der Waals surface area contributed by atoms with Crippen LogP contribution in [0.15, 0.2) is 89.4 Å². The molecule has 0 aliphatic carbocycles. The Morgan fingerprint density at radius 2 is 1.43 bits per heavy atom. The average Bonchev–Trinajstić information content (AvgIpc) is 3.08. The van der Waals surface area contributed by atoms with Crippen LogP contribution in [0.1, 0.15) is 0 Å². The van der Waals surface area contributed by atoms with Crippen LogP contribution in [0.4, 0.5) is 0 Å². The van der Waals surface area contributed by atoms with E-state index in [1.165, 1.54) is 0 Å². The minimum absolute atomic E-state index is 0.180. The van der Waals surface area contributed by atoms with Crippen LogP contribution in [-0.4, -0.2) is 20.6 Å². The minimum Gasteiger partial charge on any atom is -0.480 e. The maximum atomic E-state index is 11.7. The third-order valence-corrected chi connectivity index (χ3v) is 5.16. The van der Waals surface area contributed by atoms with Crippen molar-refractivity contribution in [3.63, 3.8) is 0 Å². The van der Waals surface area contributed by atoms with Crippen molar-refractivity contribution in [3.05, 3.63) is 89.4 Å². The van der Waals surface area contributed by atoms with Gasteiger partial charge in [-0.25, -0.2) is 4.98 Å². The highest BCUT2D eigenvalue weighted by Crippen LogP contribution is 2.38. The third-order valence-electron chi connectivity index (χ3n) is 4.47. The molecule has 0 atom stereocenters. The third kappa shape index (κ3) is 3.49. The summed E-state index contributed by atoms with van der Waals surface area (Å²) in [5.41, 5.74) is 4.27. The average molecular weight is 433 g/mol. The standard InChI is InChI=1S/C23H17BrN2O2/c24-19-14-8-7-13-18(19)23-25-21(16-9-3-1-4-10-16)22(26(23)15-20(27)28)17-11-5-2-6-12-17/h1-14H,15H2,(H,27,28). The molecule has 3 aromatic carbocycles. The van der Waals surface area contributed by atoms with Gasteiger partial charge in [-0.1, -0.05) is 94.8 Å². The topological polar surface area (TPSA) is 55.1 Å². The number of carboxylic acids is 1. The van der Waals surface area contributed by atoms with E-state index in [1.54, 1.807) is 4.57 Å². The smallest absolute Gasteiger partial charge is 0.323 e. The van der Waals surface area contributed by atoms with Crippen LogP contribution in [0, 0.1) is 0 Å². The number of rotatable bonds is 5. The van der Waals surface area contributed by atoms with Crippen LogP contribution in [0.3, 0.4) is 0 Å². The molecule has 0 radical (unpaired) electrons. The lowest BCUT2D eigenvalue weighted by molar-refractivity contribution is -0.137. The van der Waals surface area contributed by atoms with Crippen LogP contribution in [0.25, 0.3) is 33.9 Å². The summed E-state index contributed by atoms with van der Waals surface area (Å²) in [7, 11) is 0. The van der Waals surface area contributed by atoms with Crippen molar-refractivity contribution in [1.82, 2.24) is 9.55 Å². The number of benzene rings is 3. The molecule has 4 aromatic rings. The van der Waals surface area contributed by atoms with E-state index in [1.807, 2.05) is 84.9 Å². The molecule has 0 spiro atoms. The Kier molecular flexibility index (Phi) is 5.08. The summed E-state index contributed by atoms with van der Waals surface area (Å²) < 4.78 is 2.64. The quantitative estimate of drug-likeness (QED) is 0.437. The first-order chi connectivity index (χ1) is 13.6. The van der Waals surface area contributed by atoms with Crippen LogP contribution in [0.5, 0.6) is 0 Å². The van der Waals surface area contributed by atoms with Gasteiger partial charge in [-0.3, -0.25) is 4.79 Å². The number of aliphatic carboxylic acids is 1. The Morgan fingerprint density at radius 1 is 0.857 bits per heavy atom. The monoisotopic (exact) mass is 432 g/mol. The minimum atomic E-state index is -0.914. The molecule has 0 aliphatic heterocycles. The van der Waals surface area contributed by atoms with Crippen LogP contribution in [-0.2, 0) is 11.3 Å². The molecular formula is C23H17BrN2O2. The predicted molar refractivity (Wildman–Crippen MR) is 114 cm³/mol. The molecule has 138 valence electrons. The first-order valence-corrected chi connectivity index (χ1v) is 9.62. The number of halogens is 1. The van der Waals surface area contributed by atoms with E-state index in [0.29, 0.717) is 5.82 Å². The fourth-order valence-electron chi connectivity index (χ4n) is 3.28. The van der Waals surface area contributed by atoms with Gasteiger partial charge in [0.15, 0.2) is 0 Å². The molecule has 0 saturated carbocycles. The Morgan fingerprint density at radius 3 is 2.04 bits per heavy atom. The molecule has 0 fully saturated rings. The molecule has 0 amide bonds. The molecular weight excluding hydrogens is 416 g/mol. The molecule has 4 rings (SSSR count). The molecule has 0 saturated heterocycles. The number of hydrogen-bond acceptors (Lipinski definition) is 2. The molecule has 5 heteroatoms. The van der Waals surface area contributed by atoms with Crippen molar-refractivity contribution in [2.45, 2.75) is 6.54 Å². The molecule has 0 aliphatic rings. The molecule has 1 N–H and O–H groups in total. The van der Waals surface area contributed by atoms with Crippen molar-refractivity contribution in [2.75, 3.05) is 0 Å².